The van der Waals surface area contributed by atoms with Crippen molar-refractivity contribution < 1.29 is 18.0 Å². The van der Waals surface area contributed by atoms with E-state index in [1.165, 1.54) is 69.1 Å². The fourth-order valence-corrected chi connectivity index (χ4v) is 4.61. The van der Waals surface area contributed by atoms with Crippen LogP contribution in [0, 0.1) is 5.92 Å². The number of aromatic nitrogens is 2. The van der Waals surface area contributed by atoms with E-state index in [0.717, 1.165) is 11.5 Å². The lowest BCUT2D eigenvalue weighted by molar-refractivity contribution is -0.0498. The molecule has 1 saturated carbocycles. The number of unbranched alkanes of at least 4 members (excludes halogenated alkanes) is 2. The zero-order chi connectivity index (χ0) is 22.3. The molecule has 0 saturated heterocycles. The second-order valence-corrected chi connectivity index (χ2v) is 8.66. The Balaban J connectivity index is 1.35. The highest BCUT2D eigenvalue weighted by atomic mass is 19.3. The van der Waals surface area contributed by atoms with Crippen LogP contribution in [0.25, 0.3) is 22.8 Å². The monoisotopic (exact) mass is 440 g/mol. The molecule has 0 bridgehead atoms. The summed E-state index contributed by atoms with van der Waals surface area (Å²) in [6.07, 6.45) is 10.6. The lowest BCUT2D eigenvalue weighted by atomic mass is 9.77. The minimum absolute atomic E-state index is 0.0954. The molecular formula is C26H30F2N2O2. The van der Waals surface area contributed by atoms with Gasteiger partial charge in [0.1, 0.15) is 5.75 Å². The molecular weight excluding hydrogens is 410 g/mol. The predicted octanol–water partition coefficient (Wildman–Crippen LogP) is 7.86. The molecule has 0 atom stereocenters. The zero-order valence-corrected chi connectivity index (χ0v) is 18.5. The van der Waals surface area contributed by atoms with E-state index in [-0.39, 0.29) is 5.75 Å². The normalized spacial score (nSPS) is 18.8. The van der Waals surface area contributed by atoms with Gasteiger partial charge in [0, 0.05) is 11.1 Å². The van der Waals surface area contributed by atoms with Crippen LogP contribution in [-0.2, 0) is 0 Å². The number of hydrogen-bond acceptors (Lipinski definition) is 4. The third-order valence-electron chi connectivity index (χ3n) is 6.46. The summed E-state index contributed by atoms with van der Waals surface area (Å²) in [7, 11) is 0. The van der Waals surface area contributed by atoms with Crippen molar-refractivity contribution >= 4 is 0 Å². The first-order valence-corrected chi connectivity index (χ1v) is 11.6. The van der Waals surface area contributed by atoms with E-state index >= 15 is 0 Å². The molecule has 4 rings (SSSR count). The molecule has 1 aliphatic rings. The van der Waals surface area contributed by atoms with E-state index in [1.807, 2.05) is 12.1 Å². The number of alkyl halides is 2. The van der Waals surface area contributed by atoms with Crippen LogP contribution in [0.5, 0.6) is 5.75 Å². The van der Waals surface area contributed by atoms with E-state index < -0.39 is 6.61 Å². The van der Waals surface area contributed by atoms with Gasteiger partial charge in [-0.15, -0.1) is 0 Å². The van der Waals surface area contributed by atoms with Crippen molar-refractivity contribution in [3.63, 3.8) is 0 Å². The lowest BCUT2D eigenvalue weighted by Crippen LogP contribution is -2.13. The summed E-state index contributed by atoms with van der Waals surface area (Å²) in [6, 6.07) is 14.6. The summed E-state index contributed by atoms with van der Waals surface area (Å²) in [4.78, 5) is 4.46. The molecule has 1 heterocycles. The standard InChI is InChI=1S/C26H30F2N2O2/c1-2-3-4-5-18-6-8-19(9-7-18)20-10-12-22(13-11-20)25-29-24(30-32-25)21-14-16-23(17-15-21)31-26(27)28/h10-19,26H,2-9H2,1H3. The fraction of sp³-hybridized carbons (Fsp3) is 0.462. The maximum absolute atomic E-state index is 12.3. The SMILES string of the molecule is CCCCCC1CCC(c2ccc(-c3nc(-c4ccc(OC(F)F)cc4)no3)cc2)CC1. The topological polar surface area (TPSA) is 48.2 Å². The van der Waals surface area contributed by atoms with Gasteiger partial charge < -0.3 is 9.26 Å². The average molecular weight is 441 g/mol. The summed E-state index contributed by atoms with van der Waals surface area (Å²) >= 11 is 0. The molecule has 4 nitrogen and oxygen atoms in total. The van der Waals surface area contributed by atoms with E-state index in [0.29, 0.717) is 23.2 Å². The third kappa shape index (κ3) is 5.72. The van der Waals surface area contributed by atoms with Gasteiger partial charge in [0.2, 0.25) is 5.82 Å². The predicted molar refractivity (Wildman–Crippen MR) is 121 cm³/mol. The quantitative estimate of drug-likeness (QED) is 0.318. The Bertz CT molecular complexity index is 962. The smallest absolute Gasteiger partial charge is 0.387 e. The molecule has 0 radical (unpaired) electrons. The van der Waals surface area contributed by atoms with E-state index in [2.05, 4.69) is 33.9 Å². The zero-order valence-electron chi connectivity index (χ0n) is 18.5. The van der Waals surface area contributed by atoms with Crippen LogP contribution in [0.15, 0.2) is 53.1 Å². The molecule has 0 aliphatic heterocycles. The number of hydrogen-bond donors (Lipinski definition) is 0. The third-order valence-corrected chi connectivity index (χ3v) is 6.46. The average Bonchev–Trinajstić information content (AvgIpc) is 3.30. The Morgan fingerprint density at radius 1 is 0.938 bits per heavy atom. The van der Waals surface area contributed by atoms with Gasteiger partial charge in [0.15, 0.2) is 0 Å². The Kier molecular flexibility index (Phi) is 7.51. The van der Waals surface area contributed by atoms with Gasteiger partial charge in [0.25, 0.3) is 5.89 Å². The van der Waals surface area contributed by atoms with E-state index in [9.17, 15) is 8.78 Å². The van der Waals surface area contributed by atoms with Crippen molar-refractivity contribution in [2.45, 2.75) is 70.8 Å². The highest BCUT2D eigenvalue weighted by molar-refractivity contribution is 5.60. The van der Waals surface area contributed by atoms with Crippen molar-refractivity contribution in [3.8, 4) is 28.6 Å². The van der Waals surface area contributed by atoms with Crippen LogP contribution in [0.1, 0.15) is 69.8 Å². The first-order chi connectivity index (χ1) is 15.6. The molecule has 32 heavy (non-hydrogen) atoms. The van der Waals surface area contributed by atoms with E-state index in [4.69, 9.17) is 4.52 Å². The Hall–Kier alpha value is -2.76. The van der Waals surface area contributed by atoms with Crippen molar-refractivity contribution in [2.75, 3.05) is 0 Å². The van der Waals surface area contributed by atoms with Gasteiger partial charge in [-0.1, -0.05) is 49.9 Å². The van der Waals surface area contributed by atoms with Gasteiger partial charge in [-0.25, -0.2) is 0 Å². The number of nitrogens with zero attached hydrogens (tertiary/aromatic N) is 2. The molecule has 1 fully saturated rings. The molecule has 0 spiro atoms. The minimum Gasteiger partial charge on any atom is -0.435 e. The number of halogens is 2. The van der Waals surface area contributed by atoms with Gasteiger partial charge in [-0.2, -0.15) is 13.8 Å². The number of rotatable bonds is 9. The summed E-state index contributed by atoms with van der Waals surface area (Å²) < 4.78 is 34.4. The highest BCUT2D eigenvalue weighted by Crippen LogP contribution is 2.38. The van der Waals surface area contributed by atoms with Gasteiger partial charge in [-0.05, 0) is 79.5 Å². The van der Waals surface area contributed by atoms with Gasteiger partial charge >= 0.3 is 6.61 Å². The summed E-state index contributed by atoms with van der Waals surface area (Å²) in [6.45, 7) is -0.581. The second kappa shape index (κ2) is 10.7. The van der Waals surface area contributed by atoms with Crippen LogP contribution in [-0.4, -0.2) is 16.8 Å². The molecule has 170 valence electrons. The molecule has 0 amide bonds. The van der Waals surface area contributed by atoms with Gasteiger partial charge in [-0.3, -0.25) is 0 Å². The molecule has 0 N–H and O–H groups in total. The molecule has 1 aliphatic carbocycles. The maximum atomic E-state index is 12.3. The van der Waals surface area contributed by atoms with Crippen LogP contribution in [0.3, 0.4) is 0 Å². The Morgan fingerprint density at radius 3 is 2.28 bits per heavy atom. The first-order valence-electron chi connectivity index (χ1n) is 11.6. The van der Waals surface area contributed by atoms with Crippen molar-refractivity contribution in [1.29, 1.82) is 0 Å². The minimum atomic E-state index is -2.85. The number of benzene rings is 2. The summed E-state index contributed by atoms with van der Waals surface area (Å²) in [5, 5.41) is 4.03. The summed E-state index contributed by atoms with van der Waals surface area (Å²) in [5.74, 6) is 2.50. The summed E-state index contributed by atoms with van der Waals surface area (Å²) in [5.41, 5.74) is 2.93. The van der Waals surface area contributed by atoms with Crippen LogP contribution >= 0.6 is 0 Å². The molecule has 2 aromatic carbocycles. The maximum Gasteiger partial charge on any atom is 0.387 e. The molecule has 1 aromatic heterocycles. The van der Waals surface area contributed by atoms with E-state index in [1.54, 1.807) is 12.1 Å². The van der Waals surface area contributed by atoms with Crippen LogP contribution in [0.2, 0.25) is 0 Å². The molecule has 0 unspecified atom stereocenters. The van der Waals surface area contributed by atoms with Crippen LogP contribution in [0.4, 0.5) is 8.78 Å². The number of ether oxygens (including phenoxy) is 1. The second-order valence-electron chi connectivity index (χ2n) is 8.66. The molecule has 6 heteroatoms. The first kappa shape index (κ1) is 22.4. The Morgan fingerprint density at radius 2 is 1.62 bits per heavy atom. The van der Waals surface area contributed by atoms with Crippen LogP contribution < -0.4 is 4.74 Å². The van der Waals surface area contributed by atoms with Crippen molar-refractivity contribution in [2.24, 2.45) is 5.92 Å². The Labute approximate surface area is 188 Å². The highest BCUT2D eigenvalue weighted by Gasteiger charge is 2.22. The fourth-order valence-electron chi connectivity index (χ4n) is 4.61. The lowest BCUT2D eigenvalue weighted by Gasteiger charge is -2.29. The molecule has 3 aromatic rings. The van der Waals surface area contributed by atoms with Gasteiger partial charge in [0.05, 0.1) is 0 Å². The van der Waals surface area contributed by atoms with Crippen molar-refractivity contribution in [1.82, 2.24) is 10.1 Å². The largest absolute Gasteiger partial charge is 0.435 e. The van der Waals surface area contributed by atoms with Crippen molar-refractivity contribution in [3.05, 3.63) is 54.1 Å².